The van der Waals surface area contributed by atoms with Crippen molar-refractivity contribution in [3.8, 4) is 5.69 Å². The van der Waals surface area contributed by atoms with Gasteiger partial charge in [-0.05, 0) is 62.4 Å². The first-order valence-electron chi connectivity index (χ1n) is 11.5. The fourth-order valence-corrected chi connectivity index (χ4v) is 4.52. The normalized spacial score (nSPS) is 14.3. The van der Waals surface area contributed by atoms with Crippen LogP contribution >= 0.6 is 0 Å². The van der Waals surface area contributed by atoms with Crippen LogP contribution in [0, 0.1) is 0 Å². The zero-order valence-corrected chi connectivity index (χ0v) is 18.9. The Morgan fingerprint density at radius 3 is 2.54 bits per heavy atom. The lowest BCUT2D eigenvalue weighted by Gasteiger charge is -2.13. The summed E-state index contributed by atoms with van der Waals surface area (Å²) in [6.45, 7) is 0.432. The highest BCUT2D eigenvalue weighted by Crippen LogP contribution is 2.34. The summed E-state index contributed by atoms with van der Waals surface area (Å²) in [6.07, 6.45) is 2.87. The van der Waals surface area contributed by atoms with Crippen LogP contribution in [-0.4, -0.2) is 27.0 Å². The van der Waals surface area contributed by atoms with Crippen LogP contribution in [0.15, 0.2) is 60.2 Å². The van der Waals surface area contributed by atoms with E-state index in [0.29, 0.717) is 17.6 Å². The van der Waals surface area contributed by atoms with E-state index in [9.17, 15) is 18.0 Å². The first kappa shape index (κ1) is 22.9. The molecule has 1 aliphatic carbocycles. The Morgan fingerprint density at radius 2 is 1.83 bits per heavy atom. The number of alkyl halides is 3. The highest BCUT2D eigenvalue weighted by molar-refractivity contribution is 6.11. The molecule has 1 amide bonds. The molecule has 2 aromatic heterocycles. The average molecular weight is 480 g/mol. The minimum Gasteiger partial charge on any atom is -0.384 e. The Bertz CT molecular complexity index is 1450. The number of allylic oxidation sites excluding steroid dienone is 1. The zero-order valence-electron chi connectivity index (χ0n) is 18.9. The van der Waals surface area contributed by atoms with Gasteiger partial charge in [0.2, 0.25) is 0 Å². The number of nitrogens with two attached hydrogens (primary N) is 1. The molecule has 0 bridgehead atoms. The largest absolute Gasteiger partial charge is 0.416 e. The van der Waals surface area contributed by atoms with Crippen LogP contribution in [0.3, 0.4) is 0 Å². The number of benzene rings is 2. The highest BCUT2D eigenvalue weighted by Gasteiger charge is 2.31. The van der Waals surface area contributed by atoms with Crippen molar-refractivity contribution in [3.05, 3.63) is 71.3 Å². The van der Waals surface area contributed by atoms with E-state index >= 15 is 0 Å². The number of nitrogens with zero attached hydrogens (tertiary/aromatic N) is 3. The van der Waals surface area contributed by atoms with Gasteiger partial charge in [0, 0.05) is 12.2 Å². The molecule has 2 heterocycles. The van der Waals surface area contributed by atoms with E-state index in [4.69, 9.17) is 5.73 Å². The molecule has 2 aromatic carbocycles. The second-order valence-electron chi connectivity index (χ2n) is 8.64. The molecule has 4 aromatic rings. The van der Waals surface area contributed by atoms with E-state index in [1.807, 2.05) is 0 Å². The molecule has 180 valence electrons. The molecule has 0 aliphatic heterocycles. The van der Waals surface area contributed by atoms with Crippen molar-refractivity contribution >= 4 is 33.9 Å². The number of fused-ring (bicyclic) bond motifs is 2. The van der Waals surface area contributed by atoms with E-state index in [1.165, 1.54) is 28.7 Å². The number of halogens is 3. The fraction of sp³-hybridized carbons (Fsp3) is 0.269. The molecule has 35 heavy (non-hydrogen) atoms. The van der Waals surface area contributed by atoms with Crippen LogP contribution in [0.5, 0.6) is 0 Å². The van der Waals surface area contributed by atoms with Crippen LogP contribution in [0.2, 0.25) is 0 Å². The molecule has 0 saturated carbocycles. The molecule has 3 N–H and O–H groups in total. The quantitative estimate of drug-likeness (QED) is 0.355. The summed E-state index contributed by atoms with van der Waals surface area (Å²) >= 11 is 0. The predicted octanol–water partition coefficient (Wildman–Crippen LogP) is 5.80. The van der Waals surface area contributed by atoms with Gasteiger partial charge in [0.25, 0.3) is 5.91 Å². The number of nitrogen functional groups attached to an aromatic ring is 1. The summed E-state index contributed by atoms with van der Waals surface area (Å²) in [7, 11) is 0. The molecule has 6 nitrogen and oxygen atoms in total. The number of anilines is 1. The summed E-state index contributed by atoms with van der Waals surface area (Å²) in [5.41, 5.74) is 8.74. The SMILES string of the molecule is Nc1c(C(=O)NCCC2=CCCCC2)c2nc3ccccc3nc2n1-c1cccc(C(F)(F)F)c1. The number of carbonyl (C=O) groups excluding carboxylic acids is 1. The van der Waals surface area contributed by atoms with Crippen molar-refractivity contribution in [2.24, 2.45) is 0 Å². The molecule has 0 spiro atoms. The van der Waals surface area contributed by atoms with Crippen molar-refractivity contribution in [1.82, 2.24) is 19.9 Å². The molecule has 0 radical (unpaired) electrons. The minimum absolute atomic E-state index is 0.0102. The molecular weight excluding hydrogens is 455 g/mol. The smallest absolute Gasteiger partial charge is 0.384 e. The molecule has 0 saturated heterocycles. The number of hydrogen-bond donors (Lipinski definition) is 2. The van der Waals surface area contributed by atoms with Crippen LogP contribution in [0.4, 0.5) is 19.0 Å². The second kappa shape index (κ2) is 9.05. The van der Waals surface area contributed by atoms with E-state index < -0.39 is 17.6 Å². The predicted molar refractivity (Wildman–Crippen MR) is 129 cm³/mol. The number of hydrogen-bond acceptors (Lipinski definition) is 4. The minimum atomic E-state index is -4.53. The van der Waals surface area contributed by atoms with Crippen molar-refractivity contribution in [2.75, 3.05) is 12.3 Å². The molecule has 0 fully saturated rings. The molecule has 9 heteroatoms. The van der Waals surface area contributed by atoms with Gasteiger partial charge in [-0.2, -0.15) is 13.2 Å². The Balaban J connectivity index is 1.60. The number of amides is 1. The van der Waals surface area contributed by atoms with E-state index in [1.54, 1.807) is 24.3 Å². The summed E-state index contributed by atoms with van der Waals surface area (Å²) < 4.78 is 41.6. The lowest BCUT2D eigenvalue weighted by molar-refractivity contribution is -0.137. The maximum Gasteiger partial charge on any atom is 0.416 e. The Hall–Kier alpha value is -3.88. The third-order valence-corrected chi connectivity index (χ3v) is 6.27. The average Bonchev–Trinajstić information content (AvgIpc) is 3.13. The lowest BCUT2D eigenvalue weighted by Crippen LogP contribution is -2.26. The summed E-state index contributed by atoms with van der Waals surface area (Å²) in [5, 5.41) is 2.91. The third-order valence-electron chi connectivity index (χ3n) is 6.27. The second-order valence-corrected chi connectivity index (χ2v) is 8.64. The monoisotopic (exact) mass is 479 g/mol. The van der Waals surface area contributed by atoms with Gasteiger partial charge in [0.1, 0.15) is 16.9 Å². The van der Waals surface area contributed by atoms with Gasteiger partial charge in [-0.3, -0.25) is 9.36 Å². The Labute approximate surface area is 199 Å². The molecule has 0 unspecified atom stereocenters. The Morgan fingerprint density at radius 1 is 1.06 bits per heavy atom. The van der Waals surface area contributed by atoms with Crippen LogP contribution in [-0.2, 0) is 6.18 Å². The van der Waals surface area contributed by atoms with Crippen molar-refractivity contribution in [2.45, 2.75) is 38.3 Å². The zero-order chi connectivity index (χ0) is 24.6. The first-order valence-corrected chi connectivity index (χ1v) is 11.5. The van der Waals surface area contributed by atoms with Gasteiger partial charge in [-0.15, -0.1) is 0 Å². The van der Waals surface area contributed by atoms with Crippen molar-refractivity contribution in [1.29, 1.82) is 0 Å². The summed E-state index contributed by atoms with van der Waals surface area (Å²) in [6, 6.07) is 11.9. The van der Waals surface area contributed by atoms with Gasteiger partial charge in [0.05, 0.1) is 16.6 Å². The van der Waals surface area contributed by atoms with Gasteiger partial charge in [-0.25, -0.2) is 9.97 Å². The van der Waals surface area contributed by atoms with Gasteiger partial charge < -0.3 is 11.1 Å². The number of rotatable bonds is 5. The molecule has 0 atom stereocenters. The number of para-hydroxylation sites is 2. The van der Waals surface area contributed by atoms with Crippen LogP contribution in [0.1, 0.15) is 48.0 Å². The Kier molecular flexibility index (Phi) is 5.92. The topological polar surface area (TPSA) is 85.8 Å². The lowest BCUT2D eigenvalue weighted by atomic mass is 9.97. The van der Waals surface area contributed by atoms with E-state index in [0.717, 1.165) is 37.8 Å². The summed E-state index contributed by atoms with van der Waals surface area (Å²) in [5.74, 6) is -0.441. The van der Waals surface area contributed by atoms with Crippen LogP contribution in [0.25, 0.3) is 27.9 Å². The van der Waals surface area contributed by atoms with Gasteiger partial charge in [0.15, 0.2) is 5.65 Å². The van der Waals surface area contributed by atoms with Crippen molar-refractivity contribution in [3.63, 3.8) is 0 Å². The van der Waals surface area contributed by atoms with Gasteiger partial charge >= 0.3 is 6.18 Å². The van der Waals surface area contributed by atoms with Crippen molar-refractivity contribution < 1.29 is 18.0 Å². The maximum absolute atomic E-state index is 13.4. The standard InChI is InChI=1S/C26H24F3N5O/c27-26(28,29)17-9-6-10-18(15-17)34-23(30)21(25(35)31-14-13-16-7-2-1-3-8-16)22-24(34)33-20-12-5-4-11-19(20)32-22/h4-7,9-12,15H,1-3,8,13-14,30H2,(H,31,35). The van der Waals surface area contributed by atoms with E-state index in [-0.39, 0.29) is 28.2 Å². The highest BCUT2D eigenvalue weighted by atomic mass is 19.4. The molecule has 5 rings (SSSR count). The maximum atomic E-state index is 13.4. The van der Waals surface area contributed by atoms with E-state index in [2.05, 4.69) is 21.4 Å². The fourth-order valence-electron chi connectivity index (χ4n) is 4.52. The number of nitrogens with one attached hydrogen (secondary N) is 1. The van der Waals surface area contributed by atoms with Gasteiger partial charge in [-0.1, -0.05) is 29.8 Å². The first-order chi connectivity index (χ1) is 16.8. The van der Waals surface area contributed by atoms with Crippen LogP contribution < -0.4 is 11.1 Å². The number of carbonyl (C=O) groups is 1. The summed E-state index contributed by atoms with van der Waals surface area (Å²) in [4.78, 5) is 22.5. The number of aromatic nitrogens is 3. The molecule has 1 aliphatic rings. The third kappa shape index (κ3) is 4.45. The molecular formula is C26H24F3N5O.